The first-order valence-electron chi connectivity index (χ1n) is 3.23. The molecule has 0 radical (unpaired) electrons. The van der Waals surface area contributed by atoms with Gasteiger partial charge in [-0.2, -0.15) is 4.36 Å². The minimum atomic E-state index is -1.85. The van der Waals surface area contributed by atoms with Gasteiger partial charge in [0, 0.05) is 11.9 Å². The van der Waals surface area contributed by atoms with Crippen molar-refractivity contribution in [3.05, 3.63) is 23.3 Å². The van der Waals surface area contributed by atoms with E-state index in [0.29, 0.717) is 23.3 Å². The summed E-state index contributed by atoms with van der Waals surface area (Å²) in [6.45, 7) is 0. The third-order valence-electron chi connectivity index (χ3n) is 1.49. The molecule has 1 aliphatic rings. The summed E-state index contributed by atoms with van der Waals surface area (Å²) in [5.41, 5.74) is -0.536. The smallest absolute Gasteiger partial charge is 0.199 e. The van der Waals surface area contributed by atoms with Crippen molar-refractivity contribution in [1.82, 2.24) is 0 Å². The first-order chi connectivity index (χ1) is 6.63. The Bertz CT molecular complexity index is 481. The van der Waals surface area contributed by atoms with E-state index in [1.807, 2.05) is 0 Å². The maximum absolute atomic E-state index is 13.0. The van der Waals surface area contributed by atoms with Gasteiger partial charge < -0.3 is 0 Å². The fraction of sp³-hybridized carbons (Fsp3) is 0. The van der Waals surface area contributed by atoms with Gasteiger partial charge in [0.15, 0.2) is 23.3 Å². The molecule has 0 fully saturated rings. The second-order valence-corrected chi connectivity index (χ2v) is 3.81. The third kappa shape index (κ3) is 1.25. The number of hydrogen-bond donors (Lipinski definition) is 0. The van der Waals surface area contributed by atoms with Gasteiger partial charge in [-0.3, -0.25) is 0 Å². The fourth-order valence-corrected chi connectivity index (χ4v) is 2.14. The molecule has 0 aliphatic carbocycles. The Labute approximate surface area is 83.3 Å². The van der Waals surface area contributed by atoms with Gasteiger partial charge in [-0.25, -0.2) is 17.6 Å². The lowest BCUT2D eigenvalue weighted by atomic mass is 10.2. The highest BCUT2D eigenvalue weighted by Crippen LogP contribution is 2.39. The van der Waals surface area contributed by atoms with Crippen molar-refractivity contribution in [3.8, 4) is 0 Å². The van der Waals surface area contributed by atoms with Crippen LogP contribution in [0.1, 0.15) is 0 Å². The Balaban J connectivity index is 2.84. The number of hydrogen-bond acceptors (Lipinski definition) is 3. The van der Waals surface area contributed by atoms with Gasteiger partial charge in [-0.05, 0) is 0 Å². The number of rotatable bonds is 0. The molecule has 74 valence electrons. The standard InChI is InChI=1S/C6F4N2S2/c7-1-2(8)4(10)6-5(3(1)9)11-14-12-13-6. The van der Waals surface area contributed by atoms with Crippen LogP contribution in [0, 0.1) is 23.3 Å². The molecule has 0 bridgehead atoms. The Kier molecular flexibility index (Phi) is 2.31. The molecule has 1 aromatic carbocycles. The fourth-order valence-electron chi connectivity index (χ4n) is 0.876. The molecule has 0 atom stereocenters. The average molecular weight is 240 g/mol. The van der Waals surface area contributed by atoms with Crippen LogP contribution < -0.4 is 0 Å². The highest BCUT2D eigenvalue weighted by atomic mass is 32.2. The molecular formula is C6F4N2S2. The topological polar surface area (TPSA) is 24.7 Å². The average Bonchev–Trinajstić information content (AvgIpc) is 2.23. The molecule has 1 heterocycles. The molecule has 8 heteroatoms. The van der Waals surface area contributed by atoms with Gasteiger partial charge in [0.05, 0.1) is 11.4 Å². The van der Waals surface area contributed by atoms with Crippen molar-refractivity contribution in [2.24, 2.45) is 8.13 Å². The molecule has 0 unspecified atom stereocenters. The normalized spacial score (nSPS) is 13.7. The lowest BCUT2D eigenvalue weighted by Crippen LogP contribution is -1.99. The van der Waals surface area contributed by atoms with Crippen molar-refractivity contribution in [3.63, 3.8) is 0 Å². The molecule has 1 aromatic rings. The summed E-state index contributed by atoms with van der Waals surface area (Å²) in [5, 5.41) is 0. The highest BCUT2D eigenvalue weighted by Gasteiger charge is 2.26. The minimum absolute atomic E-state index is 0.430. The van der Waals surface area contributed by atoms with Gasteiger partial charge >= 0.3 is 0 Å². The zero-order valence-electron chi connectivity index (χ0n) is 6.22. The highest BCUT2D eigenvalue weighted by molar-refractivity contribution is 8.01. The summed E-state index contributed by atoms with van der Waals surface area (Å²) >= 11 is 1.12. The number of benzene rings is 1. The van der Waals surface area contributed by atoms with E-state index in [9.17, 15) is 17.6 Å². The molecular weight excluding hydrogens is 240 g/mol. The molecule has 1 aliphatic heterocycles. The van der Waals surface area contributed by atoms with E-state index in [0.717, 1.165) is 0 Å². The maximum atomic E-state index is 13.0. The summed E-state index contributed by atoms with van der Waals surface area (Å²) < 4.78 is 58.2. The van der Waals surface area contributed by atoms with Crippen molar-refractivity contribution >= 4 is 29.0 Å². The quantitative estimate of drug-likeness (QED) is 0.295. The van der Waals surface area contributed by atoms with Gasteiger partial charge in [0.25, 0.3) is 0 Å². The van der Waals surface area contributed by atoms with Crippen LogP contribution in [0.3, 0.4) is 0 Å². The molecule has 14 heavy (non-hydrogen) atoms. The maximum Gasteiger partial charge on any atom is 0.199 e. The Hall–Kier alpha value is -0.890. The monoisotopic (exact) mass is 240 g/mol. The second kappa shape index (κ2) is 3.35. The molecule has 2 rings (SSSR count). The van der Waals surface area contributed by atoms with E-state index in [1.165, 1.54) is 0 Å². The molecule has 0 saturated carbocycles. The van der Waals surface area contributed by atoms with E-state index in [1.54, 1.807) is 0 Å². The summed E-state index contributed by atoms with van der Waals surface area (Å²) in [4.78, 5) is -0.430. The van der Waals surface area contributed by atoms with Crippen LogP contribution in [0.5, 0.6) is 0 Å². The summed E-state index contributed by atoms with van der Waals surface area (Å²) in [7, 11) is 0. The number of halogens is 4. The summed E-state index contributed by atoms with van der Waals surface area (Å²) in [5.74, 6) is -6.65. The predicted molar refractivity (Wildman–Crippen MR) is 44.0 cm³/mol. The first-order valence-corrected chi connectivity index (χ1v) is 4.74. The van der Waals surface area contributed by atoms with E-state index in [4.69, 9.17) is 0 Å². The minimum Gasteiger partial charge on any atom is -0.202 e. The molecule has 0 amide bonds. The van der Waals surface area contributed by atoms with Crippen LogP contribution in [0.4, 0.5) is 23.2 Å². The number of fused-ring (bicyclic) bond motifs is 1. The van der Waals surface area contributed by atoms with Crippen molar-refractivity contribution in [2.45, 2.75) is 4.90 Å². The van der Waals surface area contributed by atoms with Gasteiger partial charge in [0.1, 0.15) is 10.6 Å². The summed E-state index contributed by atoms with van der Waals surface area (Å²) in [6, 6.07) is 0. The lowest BCUT2D eigenvalue weighted by molar-refractivity contribution is 0.400. The van der Waals surface area contributed by atoms with E-state index in [-0.39, 0.29) is 0 Å². The van der Waals surface area contributed by atoms with Gasteiger partial charge in [-0.1, -0.05) is 0 Å². The zero-order chi connectivity index (χ0) is 10.3. The molecule has 2 nitrogen and oxygen atoms in total. The van der Waals surface area contributed by atoms with E-state index in [2.05, 4.69) is 8.13 Å². The molecule has 0 N–H and O–H groups in total. The van der Waals surface area contributed by atoms with Crippen LogP contribution in [0.25, 0.3) is 0 Å². The van der Waals surface area contributed by atoms with Crippen LogP contribution >= 0.6 is 11.9 Å². The van der Waals surface area contributed by atoms with Crippen molar-refractivity contribution in [1.29, 1.82) is 0 Å². The molecule has 0 saturated heterocycles. The Morgan fingerprint density at radius 2 is 1.50 bits per heavy atom. The Morgan fingerprint density at radius 1 is 0.857 bits per heavy atom. The van der Waals surface area contributed by atoms with Crippen LogP contribution in [0.2, 0.25) is 0 Å². The van der Waals surface area contributed by atoms with Crippen LogP contribution in [-0.4, -0.2) is 0 Å². The van der Waals surface area contributed by atoms with Crippen LogP contribution in [0.15, 0.2) is 13.0 Å². The first kappa shape index (κ1) is 9.66. The van der Waals surface area contributed by atoms with Gasteiger partial charge in [-0.15, -0.1) is 3.77 Å². The lowest BCUT2D eigenvalue weighted by Gasteiger charge is -2.07. The SMILES string of the molecule is Fc1c(F)c(F)c2c(c1F)N=S=NS2. The largest absolute Gasteiger partial charge is 0.202 e. The van der Waals surface area contributed by atoms with E-state index < -0.39 is 33.9 Å². The third-order valence-corrected chi connectivity index (χ3v) is 2.88. The summed E-state index contributed by atoms with van der Waals surface area (Å²) in [6.07, 6.45) is 0. The number of nitrogens with zero attached hydrogens (tertiary/aromatic N) is 2. The molecule has 0 spiro atoms. The second-order valence-electron chi connectivity index (χ2n) is 2.27. The Morgan fingerprint density at radius 3 is 2.21 bits per heavy atom. The van der Waals surface area contributed by atoms with Crippen molar-refractivity contribution < 1.29 is 17.6 Å². The van der Waals surface area contributed by atoms with Gasteiger partial charge in [0.2, 0.25) is 0 Å². The zero-order valence-corrected chi connectivity index (χ0v) is 7.86. The van der Waals surface area contributed by atoms with Crippen molar-refractivity contribution in [2.75, 3.05) is 0 Å². The van der Waals surface area contributed by atoms with Crippen LogP contribution in [-0.2, 0) is 11.4 Å². The molecule has 0 aromatic heterocycles. The predicted octanol–water partition coefficient (Wildman–Crippen LogP) is 3.35. The van der Waals surface area contributed by atoms with E-state index >= 15 is 0 Å².